The summed E-state index contributed by atoms with van der Waals surface area (Å²) in [5.41, 5.74) is 0. The standard InChI is InChI=1S/C12H23NO2/c1-4-6-7-9-10(3)12(15)13-11(14)8-5-2/h6-7,10,12,15H,4-5,8-9H2,1-3H3,(H,13,14)/b7-6-. The average molecular weight is 213 g/mol. The largest absolute Gasteiger partial charge is 0.373 e. The van der Waals surface area contributed by atoms with Crippen LogP contribution in [-0.4, -0.2) is 17.2 Å². The van der Waals surface area contributed by atoms with Crippen LogP contribution in [0, 0.1) is 5.92 Å². The maximum absolute atomic E-state index is 11.2. The minimum absolute atomic E-state index is 0.0635. The van der Waals surface area contributed by atoms with Crippen molar-refractivity contribution >= 4 is 5.91 Å². The summed E-state index contributed by atoms with van der Waals surface area (Å²) >= 11 is 0. The van der Waals surface area contributed by atoms with Crippen molar-refractivity contribution in [3.8, 4) is 0 Å². The lowest BCUT2D eigenvalue weighted by molar-refractivity contribution is -0.125. The zero-order valence-corrected chi connectivity index (χ0v) is 9.99. The second-order valence-corrected chi connectivity index (χ2v) is 3.85. The zero-order valence-electron chi connectivity index (χ0n) is 9.99. The Hall–Kier alpha value is -0.830. The summed E-state index contributed by atoms with van der Waals surface area (Å²) < 4.78 is 0. The third-order valence-corrected chi connectivity index (χ3v) is 2.24. The number of allylic oxidation sites excluding steroid dienone is 2. The summed E-state index contributed by atoms with van der Waals surface area (Å²) in [7, 11) is 0. The van der Waals surface area contributed by atoms with Crippen LogP contribution in [0.15, 0.2) is 12.2 Å². The summed E-state index contributed by atoms with van der Waals surface area (Å²) in [6.45, 7) is 5.94. The number of amides is 1. The van der Waals surface area contributed by atoms with E-state index in [2.05, 4.69) is 18.3 Å². The fourth-order valence-electron chi connectivity index (χ4n) is 1.21. The van der Waals surface area contributed by atoms with Gasteiger partial charge in [-0.25, -0.2) is 0 Å². The highest BCUT2D eigenvalue weighted by Gasteiger charge is 2.14. The Balaban J connectivity index is 3.82. The Morgan fingerprint density at radius 1 is 1.40 bits per heavy atom. The fraction of sp³-hybridized carbons (Fsp3) is 0.750. The van der Waals surface area contributed by atoms with E-state index in [1.165, 1.54) is 0 Å². The minimum Gasteiger partial charge on any atom is -0.373 e. The lowest BCUT2D eigenvalue weighted by Gasteiger charge is -2.18. The molecule has 0 rings (SSSR count). The van der Waals surface area contributed by atoms with Crippen molar-refractivity contribution in [2.75, 3.05) is 0 Å². The molecule has 1 amide bonds. The molecular weight excluding hydrogens is 190 g/mol. The molecule has 3 nitrogen and oxygen atoms in total. The molecule has 0 bridgehead atoms. The number of nitrogens with one attached hydrogen (secondary N) is 1. The third-order valence-electron chi connectivity index (χ3n) is 2.24. The number of hydrogen-bond donors (Lipinski definition) is 2. The predicted molar refractivity (Wildman–Crippen MR) is 62.3 cm³/mol. The lowest BCUT2D eigenvalue weighted by atomic mass is 10.1. The molecule has 0 aromatic heterocycles. The molecule has 0 aromatic carbocycles. The topological polar surface area (TPSA) is 49.3 Å². The van der Waals surface area contributed by atoms with Crippen molar-refractivity contribution in [2.24, 2.45) is 5.92 Å². The van der Waals surface area contributed by atoms with Crippen LogP contribution in [0.1, 0.15) is 46.5 Å². The molecule has 0 fully saturated rings. The Kier molecular flexibility index (Phi) is 8.01. The van der Waals surface area contributed by atoms with E-state index in [1.54, 1.807) is 0 Å². The van der Waals surface area contributed by atoms with Gasteiger partial charge in [0.2, 0.25) is 5.91 Å². The Morgan fingerprint density at radius 2 is 2.07 bits per heavy atom. The Bertz CT molecular complexity index is 202. The van der Waals surface area contributed by atoms with Gasteiger partial charge in [-0.1, -0.05) is 32.9 Å². The first-order chi connectivity index (χ1) is 7.11. The van der Waals surface area contributed by atoms with Gasteiger partial charge >= 0.3 is 0 Å². The number of hydrogen-bond acceptors (Lipinski definition) is 2. The van der Waals surface area contributed by atoms with Crippen LogP contribution in [0.2, 0.25) is 0 Å². The molecule has 0 spiro atoms. The number of aliphatic hydroxyl groups excluding tert-OH is 1. The molecule has 3 heteroatoms. The SMILES string of the molecule is CC/C=C\CC(C)C(O)NC(=O)CCC. The molecule has 0 aromatic rings. The minimum atomic E-state index is -0.731. The molecule has 0 saturated heterocycles. The van der Waals surface area contributed by atoms with Crippen LogP contribution < -0.4 is 5.32 Å². The van der Waals surface area contributed by atoms with Gasteiger partial charge in [0.15, 0.2) is 0 Å². The van der Waals surface area contributed by atoms with Crippen molar-refractivity contribution in [1.29, 1.82) is 0 Å². The third kappa shape index (κ3) is 7.14. The Morgan fingerprint density at radius 3 is 2.60 bits per heavy atom. The number of rotatable bonds is 7. The molecular formula is C12H23NO2. The summed E-state index contributed by atoms with van der Waals surface area (Å²) in [4.78, 5) is 11.2. The first kappa shape index (κ1) is 14.2. The number of carbonyl (C=O) groups is 1. The summed E-state index contributed by atoms with van der Waals surface area (Å²) in [6, 6.07) is 0. The summed E-state index contributed by atoms with van der Waals surface area (Å²) in [5.74, 6) is -0.00933. The van der Waals surface area contributed by atoms with E-state index < -0.39 is 6.23 Å². The van der Waals surface area contributed by atoms with Gasteiger partial charge in [0.25, 0.3) is 0 Å². The maximum Gasteiger partial charge on any atom is 0.221 e. The van der Waals surface area contributed by atoms with Gasteiger partial charge in [0, 0.05) is 12.3 Å². The van der Waals surface area contributed by atoms with Crippen molar-refractivity contribution < 1.29 is 9.90 Å². The quantitative estimate of drug-likeness (QED) is 0.503. The second-order valence-electron chi connectivity index (χ2n) is 3.85. The van der Waals surface area contributed by atoms with Crippen LogP contribution in [0.4, 0.5) is 0 Å². The van der Waals surface area contributed by atoms with Gasteiger partial charge in [0.05, 0.1) is 0 Å². The van der Waals surface area contributed by atoms with Crippen molar-refractivity contribution in [3.63, 3.8) is 0 Å². The van der Waals surface area contributed by atoms with Crippen LogP contribution in [-0.2, 0) is 4.79 Å². The molecule has 88 valence electrons. The van der Waals surface area contributed by atoms with Gasteiger partial charge in [-0.15, -0.1) is 0 Å². The van der Waals surface area contributed by atoms with E-state index in [9.17, 15) is 9.90 Å². The van der Waals surface area contributed by atoms with E-state index in [0.717, 1.165) is 19.3 Å². The van der Waals surface area contributed by atoms with E-state index in [4.69, 9.17) is 0 Å². The first-order valence-electron chi connectivity index (χ1n) is 5.74. The molecule has 0 heterocycles. The first-order valence-corrected chi connectivity index (χ1v) is 5.74. The van der Waals surface area contributed by atoms with Crippen LogP contribution in [0.5, 0.6) is 0 Å². The van der Waals surface area contributed by atoms with Crippen LogP contribution >= 0.6 is 0 Å². The molecule has 0 aliphatic rings. The molecule has 0 radical (unpaired) electrons. The number of carbonyl (C=O) groups excluding carboxylic acids is 1. The highest BCUT2D eigenvalue weighted by molar-refractivity contribution is 5.75. The van der Waals surface area contributed by atoms with Gasteiger partial charge in [0.1, 0.15) is 6.23 Å². The molecule has 2 N–H and O–H groups in total. The molecule has 2 atom stereocenters. The summed E-state index contributed by atoms with van der Waals surface area (Å²) in [6.07, 6.45) is 6.46. The highest BCUT2D eigenvalue weighted by atomic mass is 16.3. The zero-order chi connectivity index (χ0) is 11.7. The lowest BCUT2D eigenvalue weighted by Crippen LogP contribution is -2.38. The van der Waals surface area contributed by atoms with Gasteiger partial charge in [-0.3, -0.25) is 4.79 Å². The summed E-state index contributed by atoms with van der Waals surface area (Å²) in [5, 5.41) is 12.2. The van der Waals surface area contributed by atoms with Crippen LogP contribution in [0.25, 0.3) is 0 Å². The fourth-order valence-corrected chi connectivity index (χ4v) is 1.21. The van der Waals surface area contributed by atoms with E-state index in [-0.39, 0.29) is 11.8 Å². The molecule has 0 saturated carbocycles. The van der Waals surface area contributed by atoms with Crippen molar-refractivity contribution in [2.45, 2.75) is 52.7 Å². The van der Waals surface area contributed by atoms with E-state index in [1.807, 2.05) is 19.9 Å². The maximum atomic E-state index is 11.2. The van der Waals surface area contributed by atoms with Crippen molar-refractivity contribution in [3.05, 3.63) is 12.2 Å². The van der Waals surface area contributed by atoms with Crippen LogP contribution in [0.3, 0.4) is 0 Å². The monoisotopic (exact) mass is 213 g/mol. The second kappa shape index (κ2) is 8.48. The number of aliphatic hydroxyl groups is 1. The van der Waals surface area contributed by atoms with E-state index in [0.29, 0.717) is 6.42 Å². The van der Waals surface area contributed by atoms with Gasteiger partial charge in [-0.2, -0.15) is 0 Å². The van der Waals surface area contributed by atoms with Gasteiger partial charge < -0.3 is 10.4 Å². The van der Waals surface area contributed by atoms with E-state index >= 15 is 0 Å². The predicted octanol–water partition coefficient (Wildman–Crippen LogP) is 2.21. The molecule has 15 heavy (non-hydrogen) atoms. The normalized spacial score (nSPS) is 15.2. The smallest absolute Gasteiger partial charge is 0.221 e. The highest BCUT2D eigenvalue weighted by Crippen LogP contribution is 2.07. The Labute approximate surface area is 92.6 Å². The molecule has 0 aliphatic carbocycles. The molecule has 0 aliphatic heterocycles. The van der Waals surface area contributed by atoms with Crippen molar-refractivity contribution in [1.82, 2.24) is 5.32 Å². The van der Waals surface area contributed by atoms with Gasteiger partial charge in [-0.05, 0) is 19.3 Å². The average Bonchev–Trinajstić information content (AvgIpc) is 2.18. The molecule has 2 unspecified atom stereocenters.